The highest BCUT2D eigenvalue weighted by Crippen LogP contribution is 2.14. The van der Waals surface area contributed by atoms with Crippen molar-refractivity contribution in [3.8, 4) is 0 Å². The molecule has 0 radical (unpaired) electrons. The number of hydrogen-bond acceptors (Lipinski definition) is 4. The van der Waals surface area contributed by atoms with Crippen LogP contribution >= 0.6 is 11.6 Å². The topological polar surface area (TPSA) is 66.8 Å². The third kappa shape index (κ3) is 2.73. The fraction of sp³-hybridized carbons (Fsp3) is 0.125. The summed E-state index contributed by atoms with van der Waals surface area (Å²) in [5, 5.41) is 18.1. The lowest BCUT2D eigenvalue weighted by Gasteiger charge is -2.05. The molecule has 0 saturated carbocycles. The summed E-state index contributed by atoms with van der Waals surface area (Å²) in [5.74, 6) is 0. The minimum absolute atomic E-state index is 0.0168. The average molecular weight is 214 g/mol. The van der Waals surface area contributed by atoms with Gasteiger partial charge in [0.15, 0.2) is 0 Å². The van der Waals surface area contributed by atoms with Crippen molar-refractivity contribution >= 4 is 30.7 Å². The molecule has 6 heteroatoms. The molecule has 14 heavy (non-hydrogen) atoms. The Morgan fingerprint density at radius 3 is 2.79 bits per heavy atom. The van der Waals surface area contributed by atoms with E-state index in [1.54, 1.807) is 0 Å². The number of ether oxygens (including phenoxy) is 1. The molecule has 0 aliphatic carbocycles. The van der Waals surface area contributed by atoms with E-state index in [1.807, 2.05) is 0 Å². The zero-order chi connectivity index (χ0) is 10.6. The van der Waals surface area contributed by atoms with E-state index in [0.717, 1.165) is 0 Å². The fourth-order valence-electron chi connectivity index (χ4n) is 0.990. The molecule has 0 bridgehead atoms. The Morgan fingerprint density at radius 1 is 1.50 bits per heavy atom. The quantitative estimate of drug-likeness (QED) is 0.533. The van der Waals surface area contributed by atoms with E-state index in [1.165, 1.54) is 18.2 Å². The first-order valence-electron chi connectivity index (χ1n) is 3.85. The Morgan fingerprint density at radius 2 is 2.21 bits per heavy atom. The van der Waals surface area contributed by atoms with Gasteiger partial charge >= 0.3 is 7.12 Å². The second-order valence-corrected chi connectivity index (χ2v) is 3.04. The van der Waals surface area contributed by atoms with Gasteiger partial charge in [0.25, 0.3) is 6.47 Å². The molecule has 0 spiro atoms. The van der Waals surface area contributed by atoms with E-state index in [0.29, 0.717) is 22.5 Å². The molecule has 0 aliphatic rings. The standard InChI is InChI=1S/C8H8BClO4/c10-8-2-1-7(9(12)13)3-6(8)4-14-5-11/h1-3,5,12-13H,4H2. The van der Waals surface area contributed by atoms with Gasteiger partial charge in [-0.25, -0.2) is 0 Å². The van der Waals surface area contributed by atoms with E-state index < -0.39 is 7.12 Å². The number of hydrogen-bond donors (Lipinski definition) is 2. The van der Waals surface area contributed by atoms with Gasteiger partial charge in [0.1, 0.15) is 6.61 Å². The second kappa shape index (κ2) is 5.00. The summed E-state index contributed by atoms with van der Waals surface area (Å²) in [6.45, 7) is 0.321. The van der Waals surface area contributed by atoms with Crippen LogP contribution in [0.4, 0.5) is 0 Å². The Hall–Kier alpha value is -1.04. The van der Waals surface area contributed by atoms with Crippen LogP contribution < -0.4 is 5.46 Å². The zero-order valence-electron chi connectivity index (χ0n) is 7.18. The number of halogens is 1. The molecule has 0 unspecified atom stereocenters. The van der Waals surface area contributed by atoms with E-state index in [4.69, 9.17) is 21.6 Å². The molecule has 1 aromatic carbocycles. The van der Waals surface area contributed by atoms with Crippen molar-refractivity contribution in [2.24, 2.45) is 0 Å². The van der Waals surface area contributed by atoms with Gasteiger partial charge in [-0.2, -0.15) is 0 Å². The first kappa shape index (κ1) is 11.0. The number of benzene rings is 1. The molecular weight excluding hydrogens is 206 g/mol. The summed E-state index contributed by atoms with van der Waals surface area (Å²) in [6.07, 6.45) is 0. The molecule has 0 atom stereocenters. The minimum atomic E-state index is -1.55. The smallest absolute Gasteiger partial charge is 0.463 e. The average Bonchev–Trinajstić information content (AvgIpc) is 2.16. The second-order valence-electron chi connectivity index (χ2n) is 2.63. The fourth-order valence-corrected chi connectivity index (χ4v) is 1.16. The number of rotatable bonds is 4. The van der Waals surface area contributed by atoms with Crippen molar-refractivity contribution in [1.29, 1.82) is 0 Å². The van der Waals surface area contributed by atoms with E-state index in [2.05, 4.69) is 4.74 Å². The van der Waals surface area contributed by atoms with Crippen LogP contribution in [-0.4, -0.2) is 23.6 Å². The highest BCUT2D eigenvalue weighted by atomic mass is 35.5. The molecule has 1 aromatic rings. The molecule has 0 saturated heterocycles. The maximum Gasteiger partial charge on any atom is 0.488 e. The molecule has 74 valence electrons. The predicted molar refractivity (Wildman–Crippen MR) is 52.1 cm³/mol. The van der Waals surface area contributed by atoms with Gasteiger partial charge in [0, 0.05) is 10.6 Å². The monoisotopic (exact) mass is 214 g/mol. The van der Waals surface area contributed by atoms with E-state index in [-0.39, 0.29) is 6.61 Å². The Bertz CT molecular complexity index is 329. The van der Waals surface area contributed by atoms with Crippen molar-refractivity contribution < 1.29 is 19.6 Å². The van der Waals surface area contributed by atoms with Crippen molar-refractivity contribution in [2.45, 2.75) is 6.61 Å². The van der Waals surface area contributed by atoms with Gasteiger partial charge < -0.3 is 14.8 Å². The molecule has 0 amide bonds. The SMILES string of the molecule is O=COCc1cc(B(O)O)ccc1Cl. The van der Waals surface area contributed by atoms with Crippen molar-refractivity contribution in [3.05, 3.63) is 28.8 Å². The van der Waals surface area contributed by atoms with Gasteiger partial charge in [0.2, 0.25) is 0 Å². The molecule has 2 N–H and O–H groups in total. The number of carbonyl (C=O) groups is 1. The maximum absolute atomic E-state index is 9.94. The van der Waals surface area contributed by atoms with Crippen molar-refractivity contribution in [2.75, 3.05) is 0 Å². The highest BCUT2D eigenvalue weighted by molar-refractivity contribution is 6.58. The minimum Gasteiger partial charge on any atom is -0.463 e. The predicted octanol–water partition coefficient (Wildman–Crippen LogP) is -0.307. The van der Waals surface area contributed by atoms with Crippen LogP contribution in [0.5, 0.6) is 0 Å². The van der Waals surface area contributed by atoms with E-state index in [9.17, 15) is 4.79 Å². The van der Waals surface area contributed by atoms with Gasteiger partial charge in [-0.1, -0.05) is 23.7 Å². The summed E-state index contributed by atoms with van der Waals surface area (Å²) < 4.78 is 4.51. The first-order chi connectivity index (χ1) is 6.65. The largest absolute Gasteiger partial charge is 0.488 e. The van der Waals surface area contributed by atoms with Crippen molar-refractivity contribution in [1.82, 2.24) is 0 Å². The molecule has 0 heterocycles. The Balaban J connectivity index is 2.90. The summed E-state index contributed by atoms with van der Waals surface area (Å²) in [4.78, 5) is 9.94. The Labute approximate surface area is 86.2 Å². The third-order valence-corrected chi connectivity index (χ3v) is 2.04. The first-order valence-corrected chi connectivity index (χ1v) is 4.22. The van der Waals surface area contributed by atoms with Gasteiger partial charge in [-0.05, 0) is 11.5 Å². The normalized spacial score (nSPS) is 9.64. The van der Waals surface area contributed by atoms with Crippen LogP contribution in [0, 0.1) is 0 Å². The maximum atomic E-state index is 9.94. The summed E-state index contributed by atoms with van der Waals surface area (Å²) in [7, 11) is -1.55. The third-order valence-electron chi connectivity index (χ3n) is 1.67. The molecule has 0 aromatic heterocycles. The number of carbonyl (C=O) groups excluding carboxylic acids is 1. The Kier molecular flexibility index (Phi) is 3.94. The summed E-state index contributed by atoms with van der Waals surface area (Å²) in [6, 6.07) is 4.47. The van der Waals surface area contributed by atoms with Crippen LogP contribution in [-0.2, 0) is 16.1 Å². The van der Waals surface area contributed by atoms with Crippen LogP contribution in [0.3, 0.4) is 0 Å². The van der Waals surface area contributed by atoms with Gasteiger partial charge in [-0.3, -0.25) is 4.79 Å². The lowest BCUT2D eigenvalue weighted by molar-refractivity contribution is -0.129. The molecule has 0 aliphatic heterocycles. The molecule has 4 nitrogen and oxygen atoms in total. The van der Waals surface area contributed by atoms with Gasteiger partial charge in [0.05, 0.1) is 0 Å². The summed E-state index contributed by atoms with van der Waals surface area (Å²) in [5.41, 5.74) is 0.836. The summed E-state index contributed by atoms with van der Waals surface area (Å²) >= 11 is 5.78. The van der Waals surface area contributed by atoms with Gasteiger partial charge in [-0.15, -0.1) is 0 Å². The van der Waals surface area contributed by atoms with Crippen LogP contribution in [0.2, 0.25) is 5.02 Å². The van der Waals surface area contributed by atoms with E-state index >= 15 is 0 Å². The van der Waals surface area contributed by atoms with Crippen molar-refractivity contribution in [3.63, 3.8) is 0 Å². The van der Waals surface area contributed by atoms with Crippen LogP contribution in [0.25, 0.3) is 0 Å². The van der Waals surface area contributed by atoms with Crippen LogP contribution in [0.1, 0.15) is 5.56 Å². The molecule has 1 rings (SSSR count). The molecular formula is C8H8BClO4. The molecule has 0 fully saturated rings. The highest BCUT2D eigenvalue weighted by Gasteiger charge is 2.12. The lowest BCUT2D eigenvalue weighted by atomic mass is 9.80. The zero-order valence-corrected chi connectivity index (χ0v) is 7.94. The van der Waals surface area contributed by atoms with Crippen LogP contribution in [0.15, 0.2) is 18.2 Å². The lowest BCUT2D eigenvalue weighted by Crippen LogP contribution is -2.30.